The quantitative estimate of drug-likeness (QED) is 0.302. The van der Waals surface area contributed by atoms with E-state index in [2.05, 4.69) is 5.32 Å². The second-order valence-electron chi connectivity index (χ2n) is 9.30. The van der Waals surface area contributed by atoms with E-state index in [1.165, 1.54) is 12.1 Å². The molecule has 2 N–H and O–H groups in total. The minimum atomic E-state index is -0.831. The summed E-state index contributed by atoms with van der Waals surface area (Å²) < 4.78 is 15.3. The molecule has 1 unspecified atom stereocenters. The van der Waals surface area contributed by atoms with Gasteiger partial charge in [-0.2, -0.15) is 5.10 Å². The highest BCUT2D eigenvalue weighted by Gasteiger charge is 2.39. The zero-order valence-electron chi connectivity index (χ0n) is 19.8. The molecule has 0 spiro atoms. The molecule has 0 bridgehead atoms. The Hall–Kier alpha value is -4.00. The van der Waals surface area contributed by atoms with Gasteiger partial charge in [-0.1, -0.05) is 54.1 Å². The van der Waals surface area contributed by atoms with E-state index in [0.29, 0.717) is 33.9 Å². The number of benzene rings is 4. The van der Waals surface area contributed by atoms with Crippen LogP contribution in [0.3, 0.4) is 0 Å². The van der Waals surface area contributed by atoms with Crippen LogP contribution in [0, 0.1) is 5.82 Å². The van der Waals surface area contributed by atoms with Crippen molar-refractivity contribution in [1.82, 2.24) is 15.1 Å². The van der Waals surface area contributed by atoms with Crippen molar-refractivity contribution in [3.8, 4) is 16.9 Å². The first-order valence-electron chi connectivity index (χ1n) is 12.0. The first kappa shape index (κ1) is 23.4. The number of rotatable bonds is 5. The number of nitrogens with zero attached hydrogens (tertiary/aromatic N) is 2. The fourth-order valence-corrected chi connectivity index (χ4v) is 5.42. The van der Waals surface area contributed by atoms with E-state index in [1.54, 1.807) is 35.0 Å². The molecule has 1 amide bonds. The lowest BCUT2D eigenvalue weighted by Crippen LogP contribution is -2.47. The molecule has 37 heavy (non-hydrogen) atoms. The Labute approximate surface area is 218 Å². The van der Waals surface area contributed by atoms with Gasteiger partial charge in [0.05, 0.1) is 28.4 Å². The maximum absolute atomic E-state index is 13.7. The van der Waals surface area contributed by atoms with Gasteiger partial charge in [0.1, 0.15) is 11.5 Å². The Kier molecular flexibility index (Phi) is 5.78. The Balaban J connectivity index is 1.46. The third-order valence-electron chi connectivity index (χ3n) is 7.12. The number of amides is 1. The van der Waals surface area contributed by atoms with Crippen LogP contribution in [0.1, 0.15) is 27.9 Å². The van der Waals surface area contributed by atoms with E-state index in [0.717, 1.165) is 28.5 Å². The van der Waals surface area contributed by atoms with Gasteiger partial charge in [-0.15, -0.1) is 0 Å². The lowest BCUT2D eigenvalue weighted by Gasteiger charge is -2.29. The van der Waals surface area contributed by atoms with E-state index in [4.69, 9.17) is 16.7 Å². The van der Waals surface area contributed by atoms with Crippen LogP contribution in [0.15, 0.2) is 91.0 Å². The van der Waals surface area contributed by atoms with Crippen molar-refractivity contribution >= 4 is 28.4 Å². The maximum atomic E-state index is 13.7. The highest BCUT2D eigenvalue weighted by atomic mass is 35.5. The second-order valence-corrected chi connectivity index (χ2v) is 9.71. The summed E-state index contributed by atoms with van der Waals surface area (Å²) in [6, 6.07) is 26.7. The Morgan fingerprint density at radius 2 is 1.78 bits per heavy atom. The van der Waals surface area contributed by atoms with Gasteiger partial charge in [0.2, 0.25) is 0 Å². The fraction of sp³-hybridized carbons (Fsp3) is 0.133. The smallest absolute Gasteiger partial charge is 0.252 e. The van der Waals surface area contributed by atoms with Crippen molar-refractivity contribution in [1.29, 1.82) is 0 Å². The maximum Gasteiger partial charge on any atom is 0.252 e. The van der Waals surface area contributed by atoms with Crippen molar-refractivity contribution in [3.63, 3.8) is 0 Å². The molecule has 7 heteroatoms. The number of aliphatic hydroxyl groups is 1. The number of aryl methyl sites for hydroxylation is 1. The van der Waals surface area contributed by atoms with Gasteiger partial charge in [-0.25, -0.2) is 9.07 Å². The standard InChI is InChI=1S/C30H23ClFN3O2/c31-26-8-4-2-6-23(26)28-24-14-9-20(17-27(24)35(34-28)22-12-10-21(32)11-13-22)29(37)33-30(18-36)16-15-19-5-1-3-7-25(19)30/h1-14,17,36H,15-16,18H2,(H,33,37). The van der Waals surface area contributed by atoms with E-state index < -0.39 is 5.54 Å². The lowest BCUT2D eigenvalue weighted by atomic mass is 9.92. The largest absolute Gasteiger partial charge is 0.394 e. The first-order chi connectivity index (χ1) is 18.0. The molecule has 0 radical (unpaired) electrons. The summed E-state index contributed by atoms with van der Waals surface area (Å²) in [5.74, 6) is -0.642. The number of nitrogens with one attached hydrogen (secondary N) is 1. The van der Waals surface area contributed by atoms with E-state index in [9.17, 15) is 14.3 Å². The van der Waals surface area contributed by atoms with Crippen molar-refractivity contribution in [2.45, 2.75) is 18.4 Å². The topological polar surface area (TPSA) is 67.2 Å². The van der Waals surface area contributed by atoms with Gasteiger partial charge in [-0.3, -0.25) is 4.79 Å². The van der Waals surface area contributed by atoms with E-state index in [-0.39, 0.29) is 18.3 Å². The summed E-state index contributed by atoms with van der Waals surface area (Å²) in [7, 11) is 0. The number of carbonyl (C=O) groups excluding carboxylic acids is 1. The average Bonchev–Trinajstić information content (AvgIpc) is 3.48. The van der Waals surface area contributed by atoms with Crippen LogP contribution >= 0.6 is 11.6 Å². The summed E-state index contributed by atoms with van der Waals surface area (Å²) in [4.78, 5) is 13.5. The Morgan fingerprint density at radius 1 is 1.03 bits per heavy atom. The monoisotopic (exact) mass is 511 g/mol. The zero-order valence-corrected chi connectivity index (χ0v) is 20.5. The van der Waals surface area contributed by atoms with E-state index in [1.807, 2.05) is 48.5 Å². The van der Waals surface area contributed by atoms with Gasteiger partial charge in [-0.05, 0) is 72.5 Å². The Morgan fingerprint density at radius 3 is 2.57 bits per heavy atom. The van der Waals surface area contributed by atoms with Crippen molar-refractivity contribution in [2.24, 2.45) is 0 Å². The van der Waals surface area contributed by atoms with Crippen LogP contribution in [0.2, 0.25) is 5.02 Å². The molecule has 5 nitrogen and oxygen atoms in total. The highest BCUT2D eigenvalue weighted by molar-refractivity contribution is 6.33. The van der Waals surface area contributed by atoms with Crippen LogP contribution in [-0.2, 0) is 12.0 Å². The van der Waals surface area contributed by atoms with Crippen molar-refractivity contribution in [3.05, 3.63) is 119 Å². The second kappa shape index (κ2) is 9.14. The number of fused-ring (bicyclic) bond motifs is 2. The molecule has 0 saturated heterocycles. The molecule has 1 atom stereocenters. The summed E-state index contributed by atoms with van der Waals surface area (Å²) in [6.07, 6.45) is 1.41. The van der Waals surface area contributed by atoms with Gasteiger partial charge in [0, 0.05) is 16.5 Å². The summed E-state index contributed by atoms with van der Waals surface area (Å²) in [5.41, 5.74) is 4.43. The number of aromatic nitrogens is 2. The number of carbonyl (C=O) groups is 1. The predicted octanol–water partition coefficient (Wildman–Crippen LogP) is 6.05. The third-order valence-corrected chi connectivity index (χ3v) is 7.45. The Bertz CT molecular complexity index is 1650. The summed E-state index contributed by atoms with van der Waals surface area (Å²) >= 11 is 6.50. The zero-order chi connectivity index (χ0) is 25.6. The number of halogens is 2. The number of hydrogen-bond donors (Lipinski definition) is 2. The van der Waals surface area contributed by atoms with Gasteiger partial charge in [0.25, 0.3) is 5.91 Å². The van der Waals surface area contributed by atoms with Gasteiger partial charge < -0.3 is 10.4 Å². The molecule has 1 aliphatic carbocycles. The fourth-order valence-electron chi connectivity index (χ4n) is 5.20. The minimum Gasteiger partial charge on any atom is -0.394 e. The van der Waals surface area contributed by atoms with Gasteiger partial charge >= 0.3 is 0 Å². The van der Waals surface area contributed by atoms with Crippen LogP contribution in [0.25, 0.3) is 27.8 Å². The first-order valence-corrected chi connectivity index (χ1v) is 12.4. The molecular weight excluding hydrogens is 489 g/mol. The lowest BCUT2D eigenvalue weighted by molar-refractivity contribution is 0.0829. The van der Waals surface area contributed by atoms with E-state index >= 15 is 0 Å². The SMILES string of the molecule is O=C(NC1(CO)CCc2ccccc21)c1ccc2c(-c3ccccc3Cl)nn(-c3ccc(F)cc3)c2c1. The summed E-state index contributed by atoms with van der Waals surface area (Å²) in [5, 5.41) is 19.6. The molecule has 4 aromatic carbocycles. The van der Waals surface area contributed by atoms with Crippen molar-refractivity contribution in [2.75, 3.05) is 6.61 Å². The normalized spacial score (nSPS) is 16.6. The molecule has 184 valence electrons. The molecule has 0 saturated carbocycles. The van der Waals surface area contributed by atoms with Crippen LogP contribution in [-0.4, -0.2) is 27.4 Å². The molecule has 0 fully saturated rings. The minimum absolute atomic E-state index is 0.192. The van der Waals surface area contributed by atoms with Crippen LogP contribution in [0.5, 0.6) is 0 Å². The molecular formula is C30H23ClFN3O2. The molecule has 1 aliphatic rings. The van der Waals surface area contributed by atoms with Crippen molar-refractivity contribution < 1.29 is 14.3 Å². The third kappa shape index (κ3) is 3.99. The number of hydrogen-bond acceptors (Lipinski definition) is 3. The predicted molar refractivity (Wildman–Crippen MR) is 142 cm³/mol. The average molecular weight is 512 g/mol. The highest BCUT2D eigenvalue weighted by Crippen LogP contribution is 2.38. The van der Waals surface area contributed by atoms with Crippen LogP contribution < -0.4 is 5.32 Å². The van der Waals surface area contributed by atoms with Gasteiger partial charge in [0.15, 0.2) is 0 Å². The van der Waals surface area contributed by atoms with Crippen LogP contribution in [0.4, 0.5) is 4.39 Å². The number of aliphatic hydroxyl groups excluding tert-OH is 1. The molecule has 0 aliphatic heterocycles. The molecule has 1 aromatic heterocycles. The molecule has 1 heterocycles. The molecule has 6 rings (SSSR count). The molecule has 5 aromatic rings. The summed E-state index contributed by atoms with van der Waals surface area (Å²) in [6.45, 7) is -0.192.